The zero-order valence-corrected chi connectivity index (χ0v) is 15.1. The zero-order chi connectivity index (χ0) is 18.6. The Morgan fingerprint density at radius 2 is 1.50 bits per heavy atom. The fourth-order valence-electron chi connectivity index (χ4n) is 3.02. The lowest BCUT2D eigenvalue weighted by atomic mass is 10.2. The summed E-state index contributed by atoms with van der Waals surface area (Å²) in [5, 5.41) is 10.7. The second kappa shape index (κ2) is 7.94. The first kappa shape index (κ1) is 18.5. The smallest absolute Gasteiger partial charge is 0.269 e. The molecule has 0 N–H and O–H groups in total. The maximum absolute atomic E-state index is 12.6. The van der Waals surface area contributed by atoms with Gasteiger partial charge >= 0.3 is 0 Å². The number of non-ortho nitro benzene ring substituents is 1. The molecule has 0 unspecified atom stereocenters. The Morgan fingerprint density at radius 1 is 0.885 bits per heavy atom. The van der Waals surface area contributed by atoms with Gasteiger partial charge in [0.05, 0.1) is 10.7 Å². The van der Waals surface area contributed by atoms with E-state index in [-0.39, 0.29) is 11.4 Å². The molecule has 0 bridgehead atoms. The van der Waals surface area contributed by atoms with Crippen LogP contribution in [0, 0.1) is 10.1 Å². The summed E-state index contributed by atoms with van der Waals surface area (Å²) in [5.74, 6) is 0.0240. The van der Waals surface area contributed by atoms with Crippen LogP contribution < -0.4 is 0 Å². The van der Waals surface area contributed by atoms with Gasteiger partial charge in [-0.1, -0.05) is 42.5 Å². The summed E-state index contributed by atoms with van der Waals surface area (Å²) in [4.78, 5) is 12.4. The number of nitrogens with zero attached hydrogens (tertiary/aromatic N) is 3. The number of piperazine rings is 1. The van der Waals surface area contributed by atoms with Crippen LogP contribution in [-0.4, -0.2) is 48.7 Å². The van der Waals surface area contributed by atoms with Gasteiger partial charge in [-0.15, -0.1) is 0 Å². The SMILES string of the molecule is O=[N+]([O-])c1ccc(CN2CCN(S(=O)(=O)Cc3ccccc3)CC2)cc1. The number of hydrogen-bond donors (Lipinski definition) is 0. The Hall–Kier alpha value is -2.29. The van der Waals surface area contributed by atoms with Gasteiger partial charge in [-0.2, -0.15) is 4.31 Å². The molecule has 7 nitrogen and oxygen atoms in total. The molecule has 0 spiro atoms. The van der Waals surface area contributed by atoms with E-state index in [1.807, 2.05) is 30.3 Å². The molecular weight excluding hydrogens is 354 g/mol. The monoisotopic (exact) mass is 375 g/mol. The van der Waals surface area contributed by atoms with E-state index < -0.39 is 14.9 Å². The first-order valence-corrected chi connectivity index (χ1v) is 10.0. The molecule has 0 radical (unpaired) electrons. The first-order chi connectivity index (χ1) is 12.4. The van der Waals surface area contributed by atoms with Gasteiger partial charge in [0, 0.05) is 44.9 Å². The van der Waals surface area contributed by atoms with Crippen LogP contribution in [0.3, 0.4) is 0 Å². The highest BCUT2D eigenvalue weighted by atomic mass is 32.2. The van der Waals surface area contributed by atoms with Crippen LogP contribution in [0.25, 0.3) is 0 Å². The summed E-state index contributed by atoms with van der Waals surface area (Å²) < 4.78 is 26.7. The maximum atomic E-state index is 12.6. The molecule has 0 amide bonds. The van der Waals surface area contributed by atoms with Gasteiger partial charge < -0.3 is 0 Å². The van der Waals surface area contributed by atoms with Crippen molar-refractivity contribution in [3.63, 3.8) is 0 Å². The molecule has 8 heteroatoms. The molecule has 0 aromatic heterocycles. The second-order valence-electron chi connectivity index (χ2n) is 6.34. The van der Waals surface area contributed by atoms with Crippen LogP contribution in [0.2, 0.25) is 0 Å². The molecule has 26 heavy (non-hydrogen) atoms. The van der Waals surface area contributed by atoms with Crippen LogP contribution in [0.1, 0.15) is 11.1 Å². The Morgan fingerprint density at radius 3 is 2.08 bits per heavy atom. The van der Waals surface area contributed by atoms with Crippen LogP contribution in [-0.2, 0) is 22.3 Å². The average Bonchev–Trinajstić information content (AvgIpc) is 2.63. The number of benzene rings is 2. The Labute approximate surface area is 153 Å². The molecule has 1 aliphatic heterocycles. The molecule has 1 saturated heterocycles. The molecule has 2 aromatic rings. The third-order valence-electron chi connectivity index (χ3n) is 4.47. The molecule has 138 valence electrons. The van der Waals surface area contributed by atoms with Crippen LogP contribution in [0.5, 0.6) is 0 Å². The molecule has 0 atom stereocenters. The third-order valence-corrected chi connectivity index (χ3v) is 6.32. The van der Waals surface area contributed by atoms with E-state index in [0.717, 1.165) is 11.1 Å². The lowest BCUT2D eigenvalue weighted by molar-refractivity contribution is -0.384. The van der Waals surface area contributed by atoms with Gasteiger partial charge in [0.1, 0.15) is 0 Å². The molecule has 3 rings (SSSR count). The molecule has 1 aliphatic rings. The van der Waals surface area contributed by atoms with E-state index in [1.54, 1.807) is 16.4 Å². The number of hydrogen-bond acceptors (Lipinski definition) is 5. The minimum atomic E-state index is -3.32. The van der Waals surface area contributed by atoms with Crippen molar-refractivity contribution in [2.45, 2.75) is 12.3 Å². The summed E-state index contributed by atoms with van der Waals surface area (Å²) in [5.41, 5.74) is 1.85. The average molecular weight is 375 g/mol. The van der Waals surface area contributed by atoms with Gasteiger partial charge in [-0.05, 0) is 11.1 Å². The maximum Gasteiger partial charge on any atom is 0.269 e. The number of sulfonamides is 1. The highest BCUT2D eigenvalue weighted by Crippen LogP contribution is 2.17. The second-order valence-corrected chi connectivity index (χ2v) is 8.31. The quantitative estimate of drug-likeness (QED) is 0.571. The van der Waals surface area contributed by atoms with Crippen molar-refractivity contribution in [1.29, 1.82) is 0 Å². The van der Waals surface area contributed by atoms with Crippen molar-refractivity contribution < 1.29 is 13.3 Å². The standard InChI is InChI=1S/C18H21N3O4S/c22-21(23)18-8-6-16(7-9-18)14-19-10-12-20(13-11-19)26(24,25)15-17-4-2-1-3-5-17/h1-9H,10-15H2. The van der Waals surface area contributed by atoms with E-state index >= 15 is 0 Å². The largest absolute Gasteiger partial charge is 0.296 e. The molecule has 2 aromatic carbocycles. The van der Waals surface area contributed by atoms with Gasteiger partial charge in [0.15, 0.2) is 0 Å². The van der Waals surface area contributed by atoms with Crippen LogP contribution in [0.4, 0.5) is 5.69 Å². The number of rotatable bonds is 6. The number of nitro groups is 1. The fourth-order valence-corrected chi connectivity index (χ4v) is 4.54. The molecule has 1 fully saturated rings. The van der Waals surface area contributed by atoms with E-state index in [1.165, 1.54) is 12.1 Å². The van der Waals surface area contributed by atoms with E-state index in [2.05, 4.69) is 4.90 Å². The van der Waals surface area contributed by atoms with Crippen molar-refractivity contribution in [1.82, 2.24) is 9.21 Å². The molecular formula is C18H21N3O4S. The Balaban J connectivity index is 1.54. The van der Waals surface area contributed by atoms with Gasteiger partial charge in [0.2, 0.25) is 10.0 Å². The summed E-state index contributed by atoms with van der Waals surface area (Å²) in [6, 6.07) is 15.7. The summed E-state index contributed by atoms with van der Waals surface area (Å²) in [6.07, 6.45) is 0. The molecule has 1 heterocycles. The minimum Gasteiger partial charge on any atom is -0.296 e. The van der Waals surface area contributed by atoms with Gasteiger partial charge in [0.25, 0.3) is 5.69 Å². The highest BCUT2D eigenvalue weighted by molar-refractivity contribution is 7.88. The van der Waals surface area contributed by atoms with E-state index in [0.29, 0.717) is 32.7 Å². The predicted molar refractivity (Wildman–Crippen MR) is 99.0 cm³/mol. The third kappa shape index (κ3) is 4.66. The van der Waals surface area contributed by atoms with E-state index in [9.17, 15) is 18.5 Å². The lowest BCUT2D eigenvalue weighted by Gasteiger charge is -2.34. The van der Waals surface area contributed by atoms with Crippen molar-refractivity contribution in [2.24, 2.45) is 0 Å². The topological polar surface area (TPSA) is 83.8 Å². The lowest BCUT2D eigenvalue weighted by Crippen LogP contribution is -2.48. The van der Waals surface area contributed by atoms with Crippen LogP contribution >= 0.6 is 0 Å². The normalized spacial score (nSPS) is 16.5. The van der Waals surface area contributed by atoms with Gasteiger partial charge in [-0.3, -0.25) is 15.0 Å². The van der Waals surface area contributed by atoms with Crippen molar-refractivity contribution >= 4 is 15.7 Å². The highest BCUT2D eigenvalue weighted by Gasteiger charge is 2.27. The minimum absolute atomic E-state index is 0.0240. The van der Waals surface area contributed by atoms with Gasteiger partial charge in [-0.25, -0.2) is 8.42 Å². The number of nitro benzene ring substituents is 1. The first-order valence-electron chi connectivity index (χ1n) is 8.41. The Bertz CT molecular complexity index is 846. The fraction of sp³-hybridized carbons (Fsp3) is 0.333. The summed E-state index contributed by atoms with van der Waals surface area (Å²) in [6.45, 7) is 2.87. The van der Waals surface area contributed by atoms with E-state index in [4.69, 9.17) is 0 Å². The van der Waals surface area contributed by atoms with Crippen molar-refractivity contribution in [3.05, 3.63) is 75.8 Å². The molecule has 0 saturated carbocycles. The summed E-state index contributed by atoms with van der Waals surface area (Å²) in [7, 11) is -3.32. The Kier molecular flexibility index (Phi) is 5.65. The van der Waals surface area contributed by atoms with Crippen LogP contribution in [0.15, 0.2) is 54.6 Å². The molecule has 0 aliphatic carbocycles. The zero-order valence-electron chi connectivity index (χ0n) is 14.3. The summed E-state index contributed by atoms with van der Waals surface area (Å²) >= 11 is 0. The van der Waals surface area contributed by atoms with Crippen molar-refractivity contribution in [2.75, 3.05) is 26.2 Å². The van der Waals surface area contributed by atoms with Crippen molar-refractivity contribution in [3.8, 4) is 0 Å². The predicted octanol–water partition coefficient (Wildman–Crippen LogP) is 2.24.